The molecule has 8 heteroatoms. The highest BCUT2D eigenvalue weighted by molar-refractivity contribution is 6.06. The van der Waals surface area contributed by atoms with Gasteiger partial charge in [0.25, 0.3) is 5.91 Å². The van der Waals surface area contributed by atoms with Crippen molar-refractivity contribution in [1.82, 2.24) is 10.0 Å². The second-order valence-corrected chi connectivity index (χ2v) is 6.74. The van der Waals surface area contributed by atoms with E-state index in [1.807, 2.05) is 0 Å². The molecule has 1 aliphatic rings. The van der Waals surface area contributed by atoms with Gasteiger partial charge in [-0.2, -0.15) is 5.01 Å². The van der Waals surface area contributed by atoms with Crippen molar-refractivity contribution < 1.29 is 28.6 Å². The highest BCUT2D eigenvalue weighted by Gasteiger charge is 2.65. The summed E-state index contributed by atoms with van der Waals surface area (Å²) < 4.78 is 15.6. The average molecular weight is 378 g/mol. The number of rotatable bonds is 5. The first-order chi connectivity index (χ1) is 12.7. The van der Waals surface area contributed by atoms with Crippen molar-refractivity contribution in [1.29, 1.82) is 0 Å². The van der Waals surface area contributed by atoms with Gasteiger partial charge in [0.1, 0.15) is 5.75 Å². The molecule has 0 aromatic heterocycles. The van der Waals surface area contributed by atoms with Gasteiger partial charge in [-0.3, -0.25) is 4.79 Å². The summed E-state index contributed by atoms with van der Waals surface area (Å²) >= 11 is 0. The van der Waals surface area contributed by atoms with Crippen LogP contribution in [-0.2, 0) is 19.8 Å². The summed E-state index contributed by atoms with van der Waals surface area (Å²) in [6.07, 6.45) is -2.33. The molecule has 1 saturated heterocycles. The first-order valence-electron chi connectivity index (χ1n) is 8.89. The van der Waals surface area contributed by atoms with E-state index in [-0.39, 0.29) is 6.42 Å². The van der Waals surface area contributed by atoms with E-state index < -0.39 is 35.8 Å². The monoisotopic (exact) mass is 378 g/mol. The number of hydrazine groups is 1. The Morgan fingerprint density at radius 2 is 1.67 bits per heavy atom. The normalized spacial score (nSPS) is 19.2. The molecule has 0 bridgehead atoms. The maximum absolute atomic E-state index is 13.1. The van der Waals surface area contributed by atoms with Crippen LogP contribution in [0.15, 0.2) is 24.3 Å². The molecule has 0 unspecified atom stereocenters. The Morgan fingerprint density at radius 1 is 1.07 bits per heavy atom. The number of carbonyl (C=O) groups is 3. The SMILES string of the molecule is CC[C@]1(c2cccc(OC)c2)C(=O)N(C(=O)OC(C)C)N1C(=O)OC(C)C. The quantitative estimate of drug-likeness (QED) is 0.780. The van der Waals surface area contributed by atoms with Crippen LogP contribution in [0.1, 0.15) is 46.6 Å². The van der Waals surface area contributed by atoms with Crippen molar-refractivity contribution in [3.63, 3.8) is 0 Å². The van der Waals surface area contributed by atoms with Gasteiger partial charge in [-0.1, -0.05) is 19.1 Å². The third kappa shape index (κ3) is 3.56. The molecule has 0 radical (unpaired) electrons. The Hall–Kier alpha value is -2.77. The minimum Gasteiger partial charge on any atom is -0.497 e. The standard InChI is InChI=1S/C19H26N2O6/c1-7-19(14-9-8-10-15(11-14)25-6)16(22)20(17(23)26-12(2)3)21(19)18(24)27-13(4)5/h8-13H,7H2,1-6H3/t19-/m0/s1. The van der Waals surface area contributed by atoms with E-state index in [0.29, 0.717) is 16.3 Å². The second kappa shape index (κ2) is 7.85. The van der Waals surface area contributed by atoms with Crippen LogP contribution in [0.5, 0.6) is 5.75 Å². The molecule has 2 rings (SSSR count). The van der Waals surface area contributed by atoms with Gasteiger partial charge in [-0.15, -0.1) is 5.01 Å². The highest BCUT2D eigenvalue weighted by Crippen LogP contribution is 2.45. The Balaban J connectivity index is 2.52. The smallest absolute Gasteiger partial charge is 0.436 e. The first-order valence-corrected chi connectivity index (χ1v) is 8.89. The molecule has 3 amide bonds. The summed E-state index contributed by atoms with van der Waals surface area (Å²) in [5, 5.41) is 1.74. The molecule has 148 valence electrons. The van der Waals surface area contributed by atoms with E-state index in [9.17, 15) is 14.4 Å². The van der Waals surface area contributed by atoms with Crippen LogP contribution in [0.3, 0.4) is 0 Å². The van der Waals surface area contributed by atoms with E-state index in [4.69, 9.17) is 14.2 Å². The number of imide groups is 1. The molecule has 0 N–H and O–H groups in total. The van der Waals surface area contributed by atoms with E-state index >= 15 is 0 Å². The molecular weight excluding hydrogens is 352 g/mol. The van der Waals surface area contributed by atoms with Gasteiger partial charge in [0.15, 0.2) is 5.54 Å². The Labute approximate surface area is 158 Å². The van der Waals surface area contributed by atoms with Crippen LogP contribution in [0.2, 0.25) is 0 Å². The first kappa shape index (κ1) is 20.5. The molecule has 27 heavy (non-hydrogen) atoms. The van der Waals surface area contributed by atoms with E-state index in [2.05, 4.69) is 0 Å². The lowest BCUT2D eigenvalue weighted by Crippen LogP contribution is -2.78. The summed E-state index contributed by atoms with van der Waals surface area (Å²) in [7, 11) is 1.51. The minimum atomic E-state index is -1.36. The summed E-state index contributed by atoms with van der Waals surface area (Å²) in [6, 6.07) is 6.84. The molecule has 1 atom stereocenters. The molecule has 8 nitrogen and oxygen atoms in total. The molecule has 0 saturated carbocycles. The predicted octanol–water partition coefficient (Wildman–Crippen LogP) is 3.45. The Bertz CT molecular complexity index is 733. The maximum atomic E-state index is 13.1. The Morgan fingerprint density at radius 3 is 2.19 bits per heavy atom. The van der Waals surface area contributed by atoms with Gasteiger partial charge in [-0.05, 0) is 51.8 Å². The molecule has 1 aliphatic heterocycles. The van der Waals surface area contributed by atoms with Crippen molar-refractivity contribution in [2.45, 2.75) is 58.8 Å². The van der Waals surface area contributed by atoms with Crippen LogP contribution in [0.25, 0.3) is 0 Å². The highest BCUT2D eigenvalue weighted by atomic mass is 16.6. The average Bonchev–Trinajstić information content (AvgIpc) is 2.59. The third-order valence-electron chi connectivity index (χ3n) is 4.19. The van der Waals surface area contributed by atoms with Crippen molar-refractivity contribution in [2.24, 2.45) is 0 Å². The topological polar surface area (TPSA) is 85.4 Å². The third-order valence-corrected chi connectivity index (χ3v) is 4.19. The fourth-order valence-corrected chi connectivity index (χ4v) is 3.02. The molecule has 1 aromatic carbocycles. The number of hydrogen-bond donors (Lipinski definition) is 0. The lowest BCUT2D eigenvalue weighted by atomic mass is 9.81. The molecule has 0 aliphatic carbocycles. The van der Waals surface area contributed by atoms with Crippen molar-refractivity contribution in [3.05, 3.63) is 29.8 Å². The maximum Gasteiger partial charge on any atom is 0.436 e. The zero-order valence-corrected chi connectivity index (χ0v) is 16.5. The molecule has 1 fully saturated rings. The number of nitrogens with zero attached hydrogens (tertiary/aromatic N) is 2. The van der Waals surface area contributed by atoms with Gasteiger partial charge in [0, 0.05) is 0 Å². The van der Waals surface area contributed by atoms with Gasteiger partial charge < -0.3 is 14.2 Å². The fraction of sp³-hybridized carbons (Fsp3) is 0.526. The number of hydrogen-bond acceptors (Lipinski definition) is 6. The molecule has 1 aromatic rings. The summed E-state index contributed by atoms with van der Waals surface area (Å²) in [5.41, 5.74) is -0.833. The zero-order valence-electron chi connectivity index (χ0n) is 16.5. The number of carbonyl (C=O) groups excluding carboxylic acids is 3. The van der Waals surface area contributed by atoms with Crippen LogP contribution < -0.4 is 4.74 Å². The molecule has 1 heterocycles. The van der Waals surface area contributed by atoms with Crippen molar-refractivity contribution in [2.75, 3.05) is 7.11 Å². The summed E-state index contributed by atoms with van der Waals surface area (Å²) in [4.78, 5) is 38.2. The Kier molecular flexibility index (Phi) is 5.98. The van der Waals surface area contributed by atoms with Crippen molar-refractivity contribution in [3.8, 4) is 5.75 Å². The van der Waals surface area contributed by atoms with Gasteiger partial charge >= 0.3 is 12.2 Å². The minimum absolute atomic E-state index is 0.248. The number of benzene rings is 1. The van der Waals surface area contributed by atoms with Gasteiger partial charge in [0.05, 0.1) is 19.3 Å². The van der Waals surface area contributed by atoms with E-state index in [1.165, 1.54) is 7.11 Å². The van der Waals surface area contributed by atoms with E-state index in [0.717, 1.165) is 5.01 Å². The number of ether oxygens (including phenoxy) is 3. The fourth-order valence-electron chi connectivity index (χ4n) is 3.02. The van der Waals surface area contributed by atoms with Gasteiger partial charge in [-0.25, -0.2) is 9.59 Å². The lowest BCUT2D eigenvalue weighted by Gasteiger charge is -2.54. The van der Waals surface area contributed by atoms with Crippen LogP contribution in [0.4, 0.5) is 9.59 Å². The van der Waals surface area contributed by atoms with Crippen molar-refractivity contribution >= 4 is 18.1 Å². The largest absolute Gasteiger partial charge is 0.497 e. The molecule has 0 spiro atoms. The second-order valence-electron chi connectivity index (χ2n) is 6.74. The number of amides is 3. The van der Waals surface area contributed by atoms with E-state index in [1.54, 1.807) is 58.9 Å². The lowest BCUT2D eigenvalue weighted by molar-refractivity contribution is -0.205. The van der Waals surface area contributed by atoms with Crippen LogP contribution in [-0.4, -0.2) is 47.4 Å². The summed E-state index contributed by atoms with van der Waals surface area (Å²) in [6.45, 7) is 8.46. The zero-order chi connectivity index (χ0) is 20.4. The van der Waals surface area contributed by atoms with Crippen LogP contribution >= 0.6 is 0 Å². The summed E-state index contributed by atoms with van der Waals surface area (Å²) in [5.74, 6) is -0.0156. The molecular formula is C19H26N2O6. The number of methoxy groups -OCH3 is 1. The van der Waals surface area contributed by atoms with Crippen LogP contribution in [0, 0.1) is 0 Å². The predicted molar refractivity (Wildman–Crippen MR) is 96.9 cm³/mol. The van der Waals surface area contributed by atoms with Gasteiger partial charge in [0.2, 0.25) is 0 Å².